The van der Waals surface area contributed by atoms with Crippen molar-refractivity contribution >= 4 is 11.6 Å². The van der Waals surface area contributed by atoms with Gasteiger partial charge in [0.05, 0.1) is 10.7 Å². The van der Waals surface area contributed by atoms with Gasteiger partial charge in [-0.05, 0) is 49.1 Å². The minimum atomic E-state index is -0.350. The van der Waals surface area contributed by atoms with E-state index >= 15 is 0 Å². The third-order valence-electron chi connectivity index (χ3n) is 4.82. The summed E-state index contributed by atoms with van der Waals surface area (Å²) < 4.78 is 14.0. The number of fused-ring (bicyclic) bond motifs is 1. The molecule has 0 saturated heterocycles. The van der Waals surface area contributed by atoms with Crippen LogP contribution in [-0.2, 0) is 12.8 Å². The number of nitrogens with two attached hydrogens (primary N) is 1. The molecule has 2 N–H and O–H groups in total. The number of hydrogen-bond acceptors (Lipinski definition) is 3. The van der Waals surface area contributed by atoms with E-state index in [1.54, 1.807) is 18.3 Å². The third kappa shape index (κ3) is 3.35. The van der Waals surface area contributed by atoms with Crippen LogP contribution in [0.5, 0.6) is 0 Å². The Hall–Kier alpha value is -2.30. The number of pyridine rings is 2. The van der Waals surface area contributed by atoms with Gasteiger partial charge in [-0.3, -0.25) is 9.97 Å². The van der Waals surface area contributed by atoms with Crippen LogP contribution in [0.3, 0.4) is 0 Å². The van der Waals surface area contributed by atoms with E-state index in [1.807, 2.05) is 18.2 Å². The van der Waals surface area contributed by atoms with Crippen LogP contribution in [0.15, 0.2) is 48.7 Å². The van der Waals surface area contributed by atoms with Gasteiger partial charge in [-0.15, -0.1) is 0 Å². The number of halogens is 2. The van der Waals surface area contributed by atoms with E-state index in [1.165, 1.54) is 11.6 Å². The predicted molar refractivity (Wildman–Crippen MR) is 102 cm³/mol. The highest BCUT2D eigenvalue weighted by Gasteiger charge is 2.18. The number of aromatic nitrogens is 2. The second kappa shape index (κ2) is 7.14. The van der Waals surface area contributed by atoms with Gasteiger partial charge >= 0.3 is 0 Å². The molecule has 4 rings (SSSR count). The highest BCUT2D eigenvalue weighted by atomic mass is 35.5. The van der Waals surface area contributed by atoms with Crippen LogP contribution in [0, 0.1) is 5.82 Å². The standard InChI is InChI=1S/C21H19ClFN3/c22-17-4-2-5-18(23)20(17)14-8-9-15(25-12-14)11-16-10-7-13-3-1-6-19(24)21(13)26-16/h2,4-5,7-10,12,19H,1,3,6,11,24H2. The molecule has 5 heteroatoms. The lowest BCUT2D eigenvalue weighted by Gasteiger charge is -2.21. The van der Waals surface area contributed by atoms with E-state index in [2.05, 4.69) is 11.1 Å². The Morgan fingerprint density at radius 3 is 2.73 bits per heavy atom. The number of rotatable bonds is 3. The fourth-order valence-electron chi connectivity index (χ4n) is 3.46. The summed E-state index contributed by atoms with van der Waals surface area (Å²) in [5.41, 5.74) is 11.3. The Kier molecular flexibility index (Phi) is 4.70. The molecule has 2 heterocycles. The van der Waals surface area contributed by atoms with Crippen molar-refractivity contribution in [3.63, 3.8) is 0 Å². The van der Waals surface area contributed by atoms with Crippen LogP contribution in [0.25, 0.3) is 11.1 Å². The molecule has 26 heavy (non-hydrogen) atoms. The van der Waals surface area contributed by atoms with Crippen molar-refractivity contribution in [1.82, 2.24) is 9.97 Å². The zero-order valence-corrected chi connectivity index (χ0v) is 15.0. The maximum atomic E-state index is 14.0. The van der Waals surface area contributed by atoms with Gasteiger partial charge in [-0.25, -0.2) is 4.39 Å². The van der Waals surface area contributed by atoms with E-state index in [0.29, 0.717) is 22.6 Å². The first-order chi connectivity index (χ1) is 12.6. The molecule has 1 aliphatic carbocycles. The van der Waals surface area contributed by atoms with E-state index in [9.17, 15) is 4.39 Å². The van der Waals surface area contributed by atoms with Gasteiger partial charge < -0.3 is 5.73 Å². The van der Waals surface area contributed by atoms with Crippen LogP contribution in [-0.4, -0.2) is 9.97 Å². The monoisotopic (exact) mass is 367 g/mol. The van der Waals surface area contributed by atoms with Gasteiger partial charge in [0.15, 0.2) is 0 Å². The average molecular weight is 368 g/mol. The normalized spacial score (nSPS) is 16.3. The van der Waals surface area contributed by atoms with Gasteiger partial charge in [0.1, 0.15) is 5.82 Å². The lowest BCUT2D eigenvalue weighted by molar-refractivity contribution is 0.551. The van der Waals surface area contributed by atoms with Gasteiger partial charge in [-0.1, -0.05) is 29.8 Å². The number of benzene rings is 1. The summed E-state index contributed by atoms with van der Waals surface area (Å²) in [6.07, 6.45) is 5.43. The largest absolute Gasteiger partial charge is 0.323 e. The molecule has 0 radical (unpaired) electrons. The maximum Gasteiger partial charge on any atom is 0.132 e. The molecule has 0 saturated carbocycles. The predicted octanol–water partition coefficient (Wildman–Crippen LogP) is 4.86. The van der Waals surface area contributed by atoms with Crippen molar-refractivity contribution in [2.75, 3.05) is 0 Å². The number of nitrogens with zero attached hydrogens (tertiary/aromatic N) is 2. The van der Waals surface area contributed by atoms with Crippen LogP contribution >= 0.6 is 11.6 Å². The topological polar surface area (TPSA) is 51.8 Å². The van der Waals surface area contributed by atoms with Crippen LogP contribution in [0.2, 0.25) is 5.02 Å². The number of aryl methyl sites for hydroxylation is 1. The molecule has 3 nitrogen and oxygen atoms in total. The Balaban J connectivity index is 1.58. The smallest absolute Gasteiger partial charge is 0.132 e. The molecule has 3 aromatic rings. The van der Waals surface area contributed by atoms with Gasteiger partial charge in [-0.2, -0.15) is 0 Å². The van der Waals surface area contributed by atoms with Crippen molar-refractivity contribution in [2.24, 2.45) is 5.73 Å². The van der Waals surface area contributed by atoms with Crippen LogP contribution in [0.4, 0.5) is 4.39 Å². The van der Waals surface area contributed by atoms with Crippen LogP contribution in [0.1, 0.15) is 41.5 Å². The molecule has 1 aliphatic rings. The summed E-state index contributed by atoms with van der Waals surface area (Å²) >= 11 is 6.13. The lowest BCUT2D eigenvalue weighted by Crippen LogP contribution is -2.19. The molecule has 1 atom stereocenters. The Bertz CT molecular complexity index is 920. The molecule has 0 spiro atoms. The molecule has 2 aromatic heterocycles. The zero-order chi connectivity index (χ0) is 18.1. The van der Waals surface area contributed by atoms with Crippen molar-refractivity contribution in [1.29, 1.82) is 0 Å². The van der Waals surface area contributed by atoms with Crippen molar-refractivity contribution in [3.8, 4) is 11.1 Å². The van der Waals surface area contributed by atoms with Gasteiger partial charge in [0.2, 0.25) is 0 Å². The SMILES string of the molecule is NC1CCCc2ccc(Cc3ccc(-c4c(F)cccc4Cl)cn3)nc21. The third-order valence-corrected chi connectivity index (χ3v) is 5.14. The van der Waals surface area contributed by atoms with Crippen molar-refractivity contribution in [2.45, 2.75) is 31.7 Å². The van der Waals surface area contributed by atoms with E-state index < -0.39 is 0 Å². The maximum absolute atomic E-state index is 14.0. The van der Waals surface area contributed by atoms with Gasteiger partial charge in [0, 0.05) is 41.2 Å². The van der Waals surface area contributed by atoms with E-state index in [4.69, 9.17) is 22.3 Å². The summed E-state index contributed by atoms with van der Waals surface area (Å²) in [7, 11) is 0. The minimum absolute atomic E-state index is 0.0252. The molecule has 132 valence electrons. The van der Waals surface area contributed by atoms with Crippen molar-refractivity contribution in [3.05, 3.63) is 82.1 Å². The second-order valence-electron chi connectivity index (χ2n) is 6.66. The lowest BCUT2D eigenvalue weighted by atomic mass is 9.92. The second-order valence-corrected chi connectivity index (χ2v) is 7.06. The molecule has 0 amide bonds. The summed E-state index contributed by atoms with van der Waals surface area (Å²) in [6, 6.07) is 12.6. The highest BCUT2D eigenvalue weighted by Crippen LogP contribution is 2.30. The molecule has 1 unspecified atom stereocenters. The van der Waals surface area contributed by atoms with E-state index in [-0.39, 0.29) is 11.9 Å². The first-order valence-electron chi connectivity index (χ1n) is 8.75. The molecule has 0 fully saturated rings. The number of hydrogen-bond donors (Lipinski definition) is 1. The summed E-state index contributed by atoms with van der Waals surface area (Å²) in [5, 5.41) is 0.380. The minimum Gasteiger partial charge on any atom is -0.323 e. The molecule has 1 aromatic carbocycles. The summed E-state index contributed by atoms with van der Waals surface area (Å²) in [6.45, 7) is 0. The first kappa shape index (κ1) is 17.1. The molecular weight excluding hydrogens is 349 g/mol. The Morgan fingerprint density at radius 1 is 1.12 bits per heavy atom. The molecule has 0 bridgehead atoms. The fourth-order valence-corrected chi connectivity index (χ4v) is 3.73. The summed E-state index contributed by atoms with van der Waals surface area (Å²) in [5.74, 6) is -0.350. The quantitative estimate of drug-likeness (QED) is 0.719. The average Bonchev–Trinajstić information content (AvgIpc) is 2.64. The molecule has 0 aliphatic heterocycles. The zero-order valence-electron chi connectivity index (χ0n) is 14.3. The highest BCUT2D eigenvalue weighted by molar-refractivity contribution is 6.33. The van der Waals surface area contributed by atoms with Crippen LogP contribution < -0.4 is 5.73 Å². The fraction of sp³-hybridized carbons (Fsp3) is 0.238. The Morgan fingerprint density at radius 2 is 1.96 bits per heavy atom. The molecular formula is C21H19ClFN3. The van der Waals surface area contributed by atoms with Crippen molar-refractivity contribution < 1.29 is 4.39 Å². The summed E-state index contributed by atoms with van der Waals surface area (Å²) in [4.78, 5) is 9.22. The van der Waals surface area contributed by atoms with Gasteiger partial charge in [0.25, 0.3) is 0 Å². The van der Waals surface area contributed by atoms with E-state index in [0.717, 1.165) is 36.3 Å². The Labute approximate surface area is 157 Å². The first-order valence-corrected chi connectivity index (χ1v) is 9.13.